The maximum atomic E-state index is 11.5. The Labute approximate surface area is 107 Å². The molecule has 0 radical (unpaired) electrons. The van der Waals surface area contributed by atoms with E-state index in [9.17, 15) is 4.79 Å². The van der Waals surface area contributed by atoms with Crippen molar-refractivity contribution in [2.75, 3.05) is 13.7 Å². The molecule has 0 atom stereocenters. The molecule has 3 nitrogen and oxygen atoms in total. The molecule has 0 fully saturated rings. The zero-order valence-corrected chi connectivity index (χ0v) is 11.1. The average molecular weight is 257 g/mol. The number of ether oxygens (including phenoxy) is 2. The number of rotatable bonds is 5. The second-order valence-corrected chi connectivity index (χ2v) is 3.96. The highest BCUT2D eigenvalue weighted by Crippen LogP contribution is 2.24. The summed E-state index contributed by atoms with van der Waals surface area (Å²) in [5.41, 5.74) is 2.84. The van der Waals surface area contributed by atoms with Crippen LogP contribution in [0.25, 0.3) is 0 Å². The summed E-state index contributed by atoms with van der Waals surface area (Å²) in [6.45, 7) is 4.12. The van der Waals surface area contributed by atoms with E-state index in [1.54, 1.807) is 14.0 Å². The smallest absolute Gasteiger partial charge is 0.310 e. The molecule has 94 valence electrons. The van der Waals surface area contributed by atoms with Crippen molar-refractivity contribution >= 4 is 17.6 Å². The molecular formula is C13H17ClO3. The fraction of sp³-hybridized carbons (Fsp3) is 0.462. The van der Waals surface area contributed by atoms with Crippen LogP contribution in [0.4, 0.5) is 0 Å². The van der Waals surface area contributed by atoms with Crippen molar-refractivity contribution in [3.8, 4) is 5.75 Å². The quantitative estimate of drug-likeness (QED) is 0.600. The number of halogens is 1. The molecule has 0 spiro atoms. The van der Waals surface area contributed by atoms with Crippen LogP contribution in [0.2, 0.25) is 0 Å². The van der Waals surface area contributed by atoms with E-state index in [-0.39, 0.29) is 12.4 Å². The lowest BCUT2D eigenvalue weighted by atomic mass is 9.99. The zero-order valence-electron chi connectivity index (χ0n) is 10.4. The van der Waals surface area contributed by atoms with Crippen LogP contribution in [0.3, 0.4) is 0 Å². The number of alkyl halides is 1. The fourth-order valence-corrected chi connectivity index (χ4v) is 1.94. The van der Waals surface area contributed by atoms with Crippen molar-refractivity contribution in [1.29, 1.82) is 0 Å². The summed E-state index contributed by atoms with van der Waals surface area (Å²) in [6, 6.07) is 3.75. The van der Waals surface area contributed by atoms with Gasteiger partial charge >= 0.3 is 5.97 Å². The Hall–Kier alpha value is -1.22. The maximum Gasteiger partial charge on any atom is 0.310 e. The van der Waals surface area contributed by atoms with E-state index < -0.39 is 0 Å². The van der Waals surface area contributed by atoms with Gasteiger partial charge < -0.3 is 9.47 Å². The first-order valence-corrected chi connectivity index (χ1v) is 6.03. The van der Waals surface area contributed by atoms with E-state index in [2.05, 4.69) is 0 Å². The van der Waals surface area contributed by atoms with Crippen molar-refractivity contribution in [2.45, 2.75) is 26.1 Å². The lowest BCUT2D eigenvalue weighted by molar-refractivity contribution is -0.142. The predicted molar refractivity (Wildman–Crippen MR) is 67.6 cm³/mol. The van der Waals surface area contributed by atoms with Gasteiger partial charge in [-0.1, -0.05) is 0 Å². The van der Waals surface area contributed by atoms with Crippen molar-refractivity contribution in [3.05, 3.63) is 28.8 Å². The van der Waals surface area contributed by atoms with E-state index in [0.717, 1.165) is 22.4 Å². The molecule has 0 saturated heterocycles. The molecule has 0 bridgehead atoms. The second kappa shape index (κ2) is 6.50. The highest BCUT2D eigenvalue weighted by Gasteiger charge is 2.12. The van der Waals surface area contributed by atoms with Gasteiger partial charge in [0.15, 0.2) is 0 Å². The van der Waals surface area contributed by atoms with Gasteiger partial charge in [-0.2, -0.15) is 0 Å². The van der Waals surface area contributed by atoms with Crippen molar-refractivity contribution in [2.24, 2.45) is 0 Å². The Morgan fingerprint density at radius 3 is 2.65 bits per heavy atom. The van der Waals surface area contributed by atoms with E-state index in [0.29, 0.717) is 12.5 Å². The first-order valence-electron chi connectivity index (χ1n) is 5.50. The number of aryl methyl sites for hydroxylation is 1. The Morgan fingerprint density at radius 1 is 1.41 bits per heavy atom. The normalized spacial score (nSPS) is 10.1. The van der Waals surface area contributed by atoms with Gasteiger partial charge in [0.2, 0.25) is 0 Å². The van der Waals surface area contributed by atoms with Gasteiger partial charge in [0.1, 0.15) is 5.75 Å². The number of methoxy groups -OCH3 is 1. The molecule has 0 unspecified atom stereocenters. The third-order valence-corrected chi connectivity index (χ3v) is 2.83. The number of carbonyl (C=O) groups is 1. The summed E-state index contributed by atoms with van der Waals surface area (Å²) in [4.78, 5) is 11.5. The standard InChI is InChI=1S/C13H17ClO3/c1-4-17-13(15)7-12-9(2)5-11(16-3)6-10(12)8-14/h5-6H,4,7-8H2,1-3H3. The molecule has 0 aliphatic heterocycles. The molecule has 1 rings (SSSR count). The Kier molecular flexibility index (Phi) is 5.29. The number of hydrogen-bond donors (Lipinski definition) is 0. The first kappa shape index (κ1) is 13.8. The van der Waals surface area contributed by atoms with Gasteiger partial charge in [0.05, 0.1) is 20.1 Å². The molecule has 0 saturated carbocycles. The summed E-state index contributed by atoms with van der Waals surface area (Å²) >= 11 is 5.89. The van der Waals surface area contributed by atoms with Crippen LogP contribution < -0.4 is 4.74 Å². The molecule has 0 heterocycles. The van der Waals surface area contributed by atoms with Gasteiger partial charge in [0, 0.05) is 5.88 Å². The third kappa shape index (κ3) is 3.63. The predicted octanol–water partition coefficient (Wildman–Crippen LogP) is 2.85. The van der Waals surface area contributed by atoms with Crippen molar-refractivity contribution < 1.29 is 14.3 Å². The number of hydrogen-bond acceptors (Lipinski definition) is 3. The van der Waals surface area contributed by atoms with E-state index in [1.165, 1.54) is 0 Å². The molecule has 17 heavy (non-hydrogen) atoms. The van der Waals surface area contributed by atoms with Crippen LogP contribution in [0, 0.1) is 6.92 Å². The highest BCUT2D eigenvalue weighted by atomic mass is 35.5. The lowest BCUT2D eigenvalue weighted by Crippen LogP contribution is -2.10. The molecule has 0 amide bonds. The molecule has 1 aromatic rings. The minimum atomic E-state index is -0.230. The van der Waals surface area contributed by atoms with E-state index in [1.807, 2.05) is 19.1 Å². The molecule has 4 heteroatoms. The van der Waals surface area contributed by atoms with E-state index >= 15 is 0 Å². The minimum Gasteiger partial charge on any atom is -0.497 e. The van der Waals surface area contributed by atoms with Gasteiger partial charge in [-0.25, -0.2) is 0 Å². The Balaban J connectivity index is 3.01. The maximum absolute atomic E-state index is 11.5. The van der Waals surface area contributed by atoms with Crippen LogP contribution in [0.15, 0.2) is 12.1 Å². The minimum absolute atomic E-state index is 0.230. The van der Waals surface area contributed by atoms with E-state index in [4.69, 9.17) is 21.1 Å². The summed E-state index contributed by atoms with van der Waals surface area (Å²) in [7, 11) is 1.61. The SMILES string of the molecule is CCOC(=O)Cc1c(C)cc(OC)cc1CCl. The van der Waals surface area contributed by atoms with Crippen LogP contribution in [0.5, 0.6) is 5.75 Å². The molecule has 0 N–H and O–H groups in total. The van der Waals surface area contributed by atoms with Crippen molar-refractivity contribution in [3.63, 3.8) is 0 Å². The van der Waals surface area contributed by atoms with Crippen LogP contribution in [-0.2, 0) is 21.8 Å². The summed E-state index contributed by atoms with van der Waals surface area (Å²) < 4.78 is 10.1. The van der Waals surface area contributed by atoms with Gasteiger partial charge in [-0.15, -0.1) is 11.6 Å². The topological polar surface area (TPSA) is 35.5 Å². The van der Waals surface area contributed by atoms with Crippen LogP contribution >= 0.6 is 11.6 Å². The van der Waals surface area contributed by atoms with Crippen molar-refractivity contribution in [1.82, 2.24) is 0 Å². The molecule has 0 aliphatic carbocycles. The largest absolute Gasteiger partial charge is 0.497 e. The van der Waals surface area contributed by atoms with Crippen LogP contribution in [0.1, 0.15) is 23.6 Å². The van der Waals surface area contributed by atoms with Gasteiger partial charge in [-0.05, 0) is 42.7 Å². The Morgan fingerprint density at radius 2 is 2.12 bits per heavy atom. The Bertz CT molecular complexity index is 402. The second-order valence-electron chi connectivity index (χ2n) is 3.70. The monoisotopic (exact) mass is 256 g/mol. The molecule has 1 aromatic carbocycles. The number of benzene rings is 1. The molecular weight excluding hydrogens is 240 g/mol. The average Bonchev–Trinajstić information content (AvgIpc) is 2.31. The lowest BCUT2D eigenvalue weighted by Gasteiger charge is -2.12. The van der Waals surface area contributed by atoms with Crippen LogP contribution in [-0.4, -0.2) is 19.7 Å². The summed E-state index contributed by atoms with van der Waals surface area (Å²) in [5, 5.41) is 0. The summed E-state index contributed by atoms with van der Waals surface area (Å²) in [5.74, 6) is 0.880. The first-order chi connectivity index (χ1) is 8.12. The highest BCUT2D eigenvalue weighted by molar-refractivity contribution is 6.17. The van der Waals surface area contributed by atoms with Gasteiger partial charge in [-0.3, -0.25) is 4.79 Å². The summed E-state index contributed by atoms with van der Waals surface area (Å²) in [6.07, 6.45) is 0.256. The molecule has 0 aromatic heterocycles. The fourth-order valence-electron chi connectivity index (χ4n) is 1.70. The third-order valence-electron chi connectivity index (χ3n) is 2.54. The van der Waals surface area contributed by atoms with Gasteiger partial charge in [0.25, 0.3) is 0 Å². The number of esters is 1. The molecule has 0 aliphatic rings. The number of carbonyl (C=O) groups excluding carboxylic acids is 1. The zero-order chi connectivity index (χ0) is 12.8.